The van der Waals surface area contributed by atoms with E-state index in [1.54, 1.807) is 0 Å². The van der Waals surface area contributed by atoms with Gasteiger partial charge in [0, 0.05) is 54.6 Å². The lowest BCUT2D eigenvalue weighted by Gasteiger charge is -2.42. The van der Waals surface area contributed by atoms with Crippen LogP contribution in [0.4, 0.5) is 0 Å². The Balaban J connectivity index is 1.30. The van der Waals surface area contributed by atoms with Gasteiger partial charge < -0.3 is 9.80 Å². The molecule has 0 aliphatic carbocycles. The lowest BCUT2D eigenvalue weighted by Crippen LogP contribution is -2.59. The van der Waals surface area contributed by atoms with E-state index in [1.165, 1.54) is 5.56 Å². The van der Waals surface area contributed by atoms with Crippen molar-refractivity contribution in [1.82, 2.24) is 29.4 Å². The largest absolute Gasteiger partial charge is 0.335 e. The molecular weight excluding hydrogens is 424 g/mol. The van der Waals surface area contributed by atoms with E-state index in [0.29, 0.717) is 18.4 Å². The van der Waals surface area contributed by atoms with Gasteiger partial charge in [0.1, 0.15) is 5.82 Å². The fraction of sp³-hybridized carbons (Fsp3) is 0.333. The third-order valence-corrected chi connectivity index (χ3v) is 6.62. The minimum atomic E-state index is 0.0962. The van der Waals surface area contributed by atoms with E-state index in [9.17, 15) is 4.79 Å². The molecule has 34 heavy (non-hydrogen) atoms. The summed E-state index contributed by atoms with van der Waals surface area (Å²) in [6.45, 7) is 5.93. The van der Waals surface area contributed by atoms with E-state index in [-0.39, 0.29) is 5.91 Å². The first-order valence-electron chi connectivity index (χ1n) is 11.7. The van der Waals surface area contributed by atoms with Crippen molar-refractivity contribution in [3.05, 3.63) is 83.6 Å². The van der Waals surface area contributed by atoms with Crippen molar-refractivity contribution in [3.63, 3.8) is 0 Å². The minimum Gasteiger partial charge on any atom is -0.335 e. The maximum atomic E-state index is 12.7. The first kappa shape index (κ1) is 22.2. The number of fused-ring (bicyclic) bond motifs is 1. The first-order chi connectivity index (χ1) is 16.4. The number of pyridine rings is 1. The van der Waals surface area contributed by atoms with Gasteiger partial charge >= 0.3 is 0 Å². The van der Waals surface area contributed by atoms with Crippen molar-refractivity contribution in [2.75, 3.05) is 27.2 Å². The van der Waals surface area contributed by atoms with Crippen molar-refractivity contribution in [3.8, 4) is 11.3 Å². The third-order valence-electron chi connectivity index (χ3n) is 6.62. The highest BCUT2D eigenvalue weighted by atomic mass is 16.2. The van der Waals surface area contributed by atoms with E-state index in [0.717, 1.165) is 46.8 Å². The monoisotopic (exact) mass is 454 g/mol. The molecule has 0 unspecified atom stereocenters. The highest BCUT2D eigenvalue weighted by Crippen LogP contribution is 2.25. The van der Waals surface area contributed by atoms with Crippen LogP contribution in [0.15, 0.2) is 61.1 Å². The van der Waals surface area contributed by atoms with Crippen LogP contribution >= 0.6 is 0 Å². The smallest absolute Gasteiger partial charge is 0.253 e. The Morgan fingerprint density at radius 2 is 1.88 bits per heavy atom. The number of carbonyl (C=O) groups excluding carboxylic acids is 1. The summed E-state index contributed by atoms with van der Waals surface area (Å²) >= 11 is 0. The maximum Gasteiger partial charge on any atom is 0.253 e. The van der Waals surface area contributed by atoms with Gasteiger partial charge in [0.15, 0.2) is 0 Å². The molecule has 0 N–H and O–H groups in total. The van der Waals surface area contributed by atoms with Gasteiger partial charge in [-0.1, -0.05) is 26.0 Å². The van der Waals surface area contributed by atoms with Gasteiger partial charge in [-0.2, -0.15) is 5.10 Å². The molecule has 0 saturated carbocycles. The number of aromatic nitrogens is 4. The number of likely N-dealkylation sites (N-methyl/N-ethyl adjacent to an activating group) is 1. The third kappa shape index (κ3) is 4.31. The molecule has 7 nitrogen and oxygen atoms in total. The van der Waals surface area contributed by atoms with Gasteiger partial charge in [0.2, 0.25) is 0 Å². The number of carbonyl (C=O) groups is 1. The highest BCUT2D eigenvalue weighted by molar-refractivity contribution is 5.94. The molecule has 174 valence electrons. The summed E-state index contributed by atoms with van der Waals surface area (Å²) in [5.41, 5.74) is 6.07. The van der Waals surface area contributed by atoms with E-state index < -0.39 is 0 Å². The standard InChI is InChI=1S/C27H30N6O/c1-18(2)23-15-29-33-12-10-21(14-25(23)33)24-9-11-28-26(30-24)13-19-5-7-20(8-6-19)27(34)32-16-22(17-32)31(3)4/h5-12,14-15,18,22H,13,16-17H2,1-4H3. The number of benzene rings is 1. The average Bonchev–Trinajstić information content (AvgIpc) is 3.22. The summed E-state index contributed by atoms with van der Waals surface area (Å²) in [6.07, 6.45) is 6.34. The second-order valence-corrected chi connectivity index (χ2v) is 9.56. The van der Waals surface area contributed by atoms with Crippen LogP contribution in [0.5, 0.6) is 0 Å². The Morgan fingerprint density at radius 1 is 1.12 bits per heavy atom. The van der Waals surface area contributed by atoms with Crippen molar-refractivity contribution in [2.45, 2.75) is 32.2 Å². The normalized spacial score (nSPS) is 14.2. The van der Waals surface area contributed by atoms with Gasteiger partial charge in [0.25, 0.3) is 5.91 Å². The van der Waals surface area contributed by atoms with Gasteiger partial charge in [-0.15, -0.1) is 0 Å². The molecule has 4 heterocycles. The number of amides is 1. The van der Waals surface area contributed by atoms with Crippen molar-refractivity contribution >= 4 is 11.4 Å². The summed E-state index contributed by atoms with van der Waals surface area (Å²) in [6, 6.07) is 14.4. The average molecular weight is 455 g/mol. The van der Waals surface area contributed by atoms with E-state index in [1.807, 2.05) is 64.4 Å². The van der Waals surface area contributed by atoms with Gasteiger partial charge in [-0.25, -0.2) is 14.5 Å². The molecular formula is C27H30N6O. The van der Waals surface area contributed by atoms with E-state index >= 15 is 0 Å². The van der Waals surface area contributed by atoms with Crippen molar-refractivity contribution in [2.24, 2.45) is 0 Å². The molecule has 1 fully saturated rings. The highest BCUT2D eigenvalue weighted by Gasteiger charge is 2.32. The van der Waals surface area contributed by atoms with Crippen LogP contribution in [-0.2, 0) is 6.42 Å². The SMILES string of the molecule is CC(C)c1cnn2ccc(-c3ccnc(Cc4ccc(C(=O)N5CC(N(C)C)C5)cc4)n3)cc12. The molecule has 1 saturated heterocycles. The van der Waals surface area contributed by atoms with Crippen LogP contribution in [0.1, 0.15) is 47.1 Å². The molecule has 7 heteroatoms. The summed E-state index contributed by atoms with van der Waals surface area (Å²) < 4.78 is 1.91. The van der Waals surface area contributed by atoms with Crippen LogP contribution in [0.2, 0.25) is 0 Å². The van der Waals surface area contributed by atoms with Crippen LogP contribution in [0, 0.1) is 0 Å². The van der Waals surface area contributed by atoms with E-state index in [2.05, 4.69) is 49.0 Å². The summed E-state index contributed by atoms with van der Waals surface area (Å²) in [4.78, 5) is 26.0. The number of hydrogen-bond donors (Lipinski definition) is 0. The number of likely N-dealkylation sites (tertiary alicyclic amines) is 1. The lowest BCUT2D eigenvalue weighted by atomic mass is 10.0. The van der Waals surface area contributed by atoms with Gasteiger partial charge in [-0.3, -0.25) is 4.79 Å². The summed E-state index contributed by atoms with van der Waals surface area (Å²) in [5, 5.41) is 4.45. The predicted molar refractivity (Wildman–Crippen MR) is 133 cm³/mol. The number of rotatable bonds is 6. The summed E-state index contributed by atoms with van der Waals surface area (Å²) in [5.74, 6) is 1.25. The molecule has 4 aromatic rings. The maximum absolute atomic E-state index is 12.7. The Hall–Kier alpha value is -3.58. The molecule has 0 bridgehead atoms. The molecule has 0 radical (unpaired) electrons. The Kier molecular flexibility index (Phi) is 5.87. The van der Waals surface area contributed by atoms with Crippen molar-refractivity contribution in [1.29, 1.82) is 0 Å². The van der Waals surface area contributed by atoms with Gasteiger partial charge in [-0.05, 0) is 55.9 Å². The quantitative estimate of drug-likeness (QED) is 0.442. The van der Waals surface area contributed by atoms with E-state index in [4.69, 9.17) is 4.98 Å². The Labute approximate surface area is 200 Å². The van der Waals surface area contributed by atoms with Crippen LogP contribution in [-0.4, -0.2) is 68.5 Å². The van der Waals surface area contributed by atoms with Gasteiger partial charge in [0.05, 0.1) is 17.4 Å². The second-order valence-electron chi connectivity index (χ2n) is 9.56. The van der Waals surface area contributed by atoms with Crippen LogP contribution in [0.25, 0.3) is 16.8 Å². The van der Waals surface area contributed by atoms with Crippen LogP contribution < -0.4 is 0 Å². The molecule has 0 atom stereocenters. The lowest BCUT2D eigenvalue weighted by molar-refractivity contribution is 0.0399. The fourth-order valence-corrected chi connectivity index (χ4v) is 4.33. The second kappa shape index (κ2) is 8.99. The zero-order valence-electron chi connectivity index (χ0n) is 20.1. The predicted octanol–water partition coefficient (Wildman–Crippen LogP) is 3.89. The Bertz CT molecular complexity index is 1320. The molecule has 5 rings (SSSR count). The zero-order valence-corrected chi connectivity index (χ0v) is 20.1. The fourth-order valence-electron chi connectivity index (χ4n) is 4.33. The summed E-state index contributed by atoms with van der Waals surface area (Å²) in [7, 11) is 4.11. The number of nitrogens with zero attached hydrogens (tertiary/aromatic N) is 6. The molecule has 1 aromatic carbocycles. The minimum absolute atomic E-state index is 0.0962. The van der Waals surface area contributed by atoms with Crippen LogP contribution in [0.3, 0.4) is 0 Å². The van der Waals surface area contributed by atoms with Crippen molar-refractivity contribution < 1.29 is 4.79 Å². The Morgan fingerprint density at radius 3 is 2.59 bits per heavy atom. The molecule has 1 aliphatic heterocycles. The first-order valence-corrected chi connectivity index (χ1v) is 11.7. The molecule has 3 aromatic heterocycles. The zero-order chi connectivity index (χ0) is 23.8. The molecule has 1 amide bonds. The molecule has 0 spiro atoms. The molecule has 1 aliphatic rings. The topological polar surface area (TPSA) is 66.6 Å². The number of hydrogen-bond acceptors (Lipinski definition) is 5.